The van der Waals surface area contributed by atoms with Crippen LogP contribution in [0.15, 0.2) is 12.4 Å². The van der Waals surface area contributed by atoms with Crippen LogP contribution in [0, 0.1) is 0 Å². The van der Waals surface area contributed by atoms with Crippen molar-refractivity contribution in [3.05, 3.63) is 18.2 Å². The Morgan fingerprint density at radius 2 is 2.27 bits per heavy atom. The van der Waals surface area contributed by atoms with Gasteiger partial charge < -0.3 is 10.1 Å². The first kappa shape index (κ1) is 10.4. The number of hydrogen-bond donors (Lipinski definition) is 1. The molecular formula is C11H17N3O. The Bertz CT molecular complexity index is 293. The maximum absolute atomic E-state index is 5.77. The molecule has 1 aromatic heterocycles. The summed E-state index contributed by atoms with van der Waals surface area (Å²) in [5.41, 5.74) is 0. The highest BCUT2D eigenvalue weighted by Gasteiger charge is 2.14. The van der Waals surface area contributed by atoms with Gasteiger partial charge >= 0.3 is 0 Å². The van der Waals surface area contributed by atoms with Gasteiger partial charge in [0.25, 0.3) is 0 Å². The Morgan fingerprint density at radius 3 is 2.87 bits per heavy atom. The van der Waals surface area contributed by atoms with Gasteiger partial charge in [-0.05, 0) is 19.4 Å². The molecule has 1 aromatic rings. The molecule has 1 aliphatic heterocycles. The van der Waals surface area contributed by atoms with E-state index in [0.29, 0.717) is 0 Å². The highest BCUT2D eigenvalue weighted by molar-refractivity contribution is 5.13. The lowest BCUT2D eigenvalue weighted by Crippen LogP contribution is -2.37. The highest BCUT2D eigenvalue weighted by atomic mass is 16.5. The third-order valence-corrected chi connectivity index (χ3v) is 2.55. The molecule has 1 saturated heterocycles. The molecule has 0 bridgehead atoms. The lowest BCUT2D eigenvalue weighted by Gasteiger charge is -2.23. The highest BCUT2D eigenvalue weighted by Crippen LogP contribution is 2.13. The van der Waals surface area contributed by atoms with Gasteiger partial charge in [-0.1, -0.05) is 6.92 Å². The Kier molecular flexibility index (Phi) is 3.50. The van der Waals surface area contributed by atoms with Gasteiger partial charge in [0.05, 0.1) is 12.4 Å². The van der Waals surface area contributed by atoms with E-state index in [-0.39, 0.29) is 6.10 Å². The monoisotopic (exact) mass is 207 g/mol. The van der Waals surface area contributed by atoms with Gasteiger partial charge in [-0.15, -0.1) is 0 Å². The minimum Gasteiger partial charge on any atom is -0.486 e. The van der Waals surface area contributed by atoms with E-state index in [1.54, 1.807) is 12.4 Å². The van der Waals surface area contributed by atoms with E-state index in [1.165, 1.54) is 6.42 Å². The maximum Gasteiger partial charge on any atom is 0.156 e. The van der Waals surface area contributed by atoms with Crippen LogP contribution < -0.4 is 10.1 Å². The van der Waals surface area contributed by atoms with Crippen molar-refractivity contribution in [1.29, 1.82) is 0 Å². The number of aromatic nitrogens is 2. The molecule has 1 aliphatic rings. The van der Waals surface area contributed by atoms with Crippen LogP contribution in [0.1, 0.15) is 25.6 Å². The standard InChI is InChI=1S/C11H17N3O/c1-2-11-13-7-10(8-14-11)15-9-4-3-5-12-6-9/h7-9,12H,2-6H2,1H3. The fourth-order valence-corrected chi connectivity index (χ4v) is 1.70. The van der Waals surface area contributed by atoms with E-state index in [4.69, 9.17) is 4.74 Å². The second-order valence-electron chi connectivity index (χ2n) is 3.77. The van der Waals surface area contributed by atoms with Crippen LogP contribution in [0.25, 0.3) is 0 Å². The van der Waals surface area contributed by atoms with Gasteiger partial charge in [-0.25, -0.2) is 9.97 Å². The summed E-state index contributed by atoms with van der Waals surface area (Å²) in [6.07, 6.45) is 6.96. The van der Waals surface area contributed by atoms with Gasteiger partial charge in [0.15, 0.2) is 5.75 Å². The van der Waals surface area contributed by atoms with E-state index in [0.717, 1.165) is 37.5 Å². The van der Waals surface area contributed by atoms with Crippen LogP contribution in [0.2, 0.25) is 0 Å². The van der Waals surface area contributed by atoms with Crippen LogP contribution in [0.3, 0.4) is 0 Å². The molecule has 82 valence electrons. The SMILES string of the molecule is CCc1ncc(OC2CCCNC2)cn1. The summed E-state index contributed by atoms with van der Waals surface area (Å²) in [4.78, 5) is 8.41. The Balaban J connectivity index is 1.91. The number of nitrogens with zero attached hydrogens (tertiary/aromatic N) is 2. The van der Waals surface area contributed by atoms with E-state index < -0.39 is 0 Å². The average Bonchev–Trinajstić information content (AvgIpc) is 2.31. The van der Waals surface area contributed by atoms with Crippen molar-refractivity contribution in [2.45, 2.75) is 32.3 Å². The van der Waals surface area contributed by atoms with Crippen molar-refractivity contribution >= 4 is 0 Å². The first-order valence-electron chi connectivity index (χ1n) is 5.57. The van der Waals surface area contributed by atoms with Gasteiger partial charge in [0.2, 0.25) is 0 Å². The topological polar surface area (TPSA) is 47.0 Å². The first-order chi connectivity index (χ1) is 7.38. The summed E-state index contributed by atoms with van der Waals surface area (Å²) in [5.74, 6) is 1.64. The summed E-state index contributed by atoms with van der Waals surface area (Å²) in [5, 5.41) is 3.31. The minimum atomic E-state index is 0.273. The van der Waals surface area contributed by atoms with Crippen LogP contribution in [-0.4, -0.2) is 29.2 Å². The van der Waals surface area contributed by atoms with Crippen molar-refractivity contribution in [3.8, 4) is 5.75 Å². The first-order valence-corrected chi connectivity index (χ1v) is 5.57. The summed E-state index contributed by atoms with van der Waals surface area (Å²) >= 11 is 0. The van der Waals surface area contributed by atoms with Crippen LogP contribution in [-0.2, 0) is 6.42 Å². The minimum absolute atomic E-state index is 0.273. The number of ether oxygens (including phenoxy) is 1. The third kappa shape index (κ3) is 2.89. The van der Waals surface area contributed by atoms with E-state index in [2.05, 4.69) is 15.3 Å². The smallest absolute Gasteiger partial charge is 0.156 e. The maximum atomic E-state index is 5.77. The van der Waals surface area contributed by atoms with Crippen molar-refractivity contribution < 1.29 is 4.74 Å². The average molecular weight is 207 g/mol. The van der Waals surface area contributed by atoms with Gasteiger partial charge in [0.1, 0.15) is 11.9 Å². The Hall–Kier alpha value is -1.16. The zero-order valence-electron chi connectivity index (χ0n) is 9.07. The normalized spacial score (nSPS) is 21.3. The second kappa shape index (κ2) is 5.07. The predicted molar refractivity (Wildman–Crippen MR) is 57.9 cm³/mol. The molecule has 1 unspecified atom stereocenters. The molecule has 1 N–H and O–H groups in total. The lowest BCUT2D eigenvalue weighted by atomic mass is 10.1. The molecule has 0 aliphatic carbocycles. The lowest BCUT2D eigenvalue weighted by molar-refractivity contribution is 0.166. The molecule has 2 heterocycles. The molecule has 0 aromatic carbocycles. The quantitative estimate of drug-likeness (QED) is 0.808. The summed E-state index contributed by atoms with van der Waals surface area (Å²) in [7, 11) is 0. The van der Waals surface area contributed by atoms with Crippen molar-refractivity contribution in [3.63, 3.8) is 0 Å². The molecule has 4 heteroatoms. The molecule has 4 nitrogen and oxygen atoms in total. The van der Waals surface area contributed by atoms with Crippen molar-refractivity contribution in [2.75, 3.05) is 13.1 Å². The molecular weight excluding hydrogens is 190 g/mol. The number of piperidine rings is 1. The molecule has 15 heavy (non-hydrogen) atoms. The summed E-state index contributed by atoms with van der Waals surface area (Å²) < 4.78 is 5.77. The fraction of sp³-hybridized carbons (Fsp3) is 0.636. The summed E-state index contributed by atoms with van der Waals surface area (Å²) in [6, 6.07) is 0. The number of aryl methyl sites for hydroxylation is 1. The molecule has 0 radical (unpaired) electrons. The van der Waals surface area contributed by atoms with Gasteiger partial charge in [0, 0.05) is 13.0 Å². The molecule has 0 spiro atoms. The van der Waals surface area contributed by atoms with Gasteiger partial charge in [-0.3, -0.25) is 0 Å². The number of hydrogen-bond acceptors (Lipinski definition) is 4. The molecule has 1 atom stereocenters. The zero-order valence-corrected chi connectivity index (χ0v) is 9.07. The van der Waals surface area contributed by atoms with Crippen molar-refractivity contribution in [1.82, 2.24) is 15.3 Å². The molecule has 0 saturated carbocycles. The van der Waals surface area contributed by atoms with Crippen LogP contribution in [0.4, 0.5) is 0 Å². The fourth-order valence-electron chi connectivity index (χ4n) is 1.70. The third-order valence-electron chi connectivity index (χ3n) is 2.55. The molecule has 1 fully saturated rings. The van der Waals surface area contributed by atoms with Crippen molar-refractivity contribution in [2.24, 2.45) is 0 Å². The van der Waals surface area contributed by atoms with E-state index in [9.17, 15) is 0 Å². The van der Waals surface area contributed by atoms with E-state index in [1.807, 2.05) is 6.92 Å². The largest absolute Gasteiger partial charge is 0.486 e. The molecule has 2 rings (SSSR count). The van der Waals surface area contributed by atoms with Crippen LogP contribution >= 0.6 is 0 Å². The molecule has 0 amide bonds. The zero-order chi connectivity index (χ0) is 10.5. The number of nitrogens with one attached hydrogen (secondary N) is 1. The predicted octanol–water partition coefficient (Wildman–Crippen LogP) is 1.17. The number of rotatable bonds is 3. The van der Waals surface area contributed by atoms with Crippen LogP contribution in [0.5, 0.6) is 5.75 Å². The Morgan fingerprint density at radius 1 is 1.47 bits per heavy atom. The van der Waals surface area contributed by atoms with E-state index >= 15 is 0 Å². The second-order valence-corrected chi connectivity index (χ2v) is 3.77. The van der Waals surface area contributed by atoms with Gasteiger partial charge in [-0.2, -0.15) is 0 Å². The summed E-state index contributed by atoms with van der Waals surface area (Å²) in [6.45, 7) is 4.07. The Labute approximate surface area is 90.1 Å².